The van der Waals surface area contributed by atoms with E-state index in [9.17, 15) is 9.90 Å². The van der Waals surface area contributed by atoms with Crippen LogP contribution in [0.4, 0.5) is 8.78 Å². The van der Waals surface area contributed by atoms with Crippen LogP contribution in [0.15, 0.2) is 42.6 Å². The molecular formula is C36H42ClF2N3O6. The molecule has 3 heterocycles. The van der Waals surface area contributed by atoms with Crippen LogP contribution in [-0.4, -0.2) is 60.3 Å². The first-order chi connectivity index (χ1) is 23.0. The summed E-state index contributed by atoms with van der Waals surface area (Å²) >= 11 is 6.67. The zero-order chi connectivity index (χ0) is 34.1. The van der Waals surface area contributed by atoms with E-state index in [2.05, 4.69) is 10.3 Å². The van der Waals surface area contributed by atoms with Gasteiger partial charge in [0.2, 0.25) is 0 Å². The number of aromatic nitrogens is 1. The fourth-order valence-electron chi connectivity index (χ4n) is 7.12. The summed E-state index contributed by atoms with van der Waals surface area (Å²) in [6.45, 7) is 4.78. The number of pyridine rings is 1. The first-order valence-electron chi connectivity index (χ1n) is 16.6. The summed E-state index contributed by atoms with van der Waals surface area (Å²) in [6, 6.07) is 10.9. The zero-order valence-electron chi connectivity index (χ0n) is 27.2. The van der Waals surface area contributed by atoms with Gasteiger partial charge in [-0.05, 0) is 57.4 Å². The van der Waals surface area contributed by atoms with Crippen molar-refractivity contribution in [3.63, 3.8) is 0 Å². The molecule has 0 radical (unpaired) electrons. The Morgan fingerprint density at radius 1 is 1.15 bits per heavy atom. The molecule has 2 aromatic carbocycles. The second kappa shape index (κ2) is 14.2. The van der Waals surface area contributed by atoms with Crippen molar-refractivity contribution in [1.82, 2.24) is 10.3 Å². The van der Waals surface area contributed by atoms with Crippen molar-refractivity contribution in [3.8, 4) is 22.8 Å². The molecule has 12 heteroatoms. The van der Waals surface area contributed by atoms with Gasteiger partial charge in [-0.3, -0.25) is 4.79 Å². The van der Waals surface area contributed by atoms with Crippen LogP contribution in [0, 0.1) is 11.6 Å². The van der Waals surface area contributed by atoms with Crippen LogP contribution in [0.2, 0.25) is 5.02 Å². The molecule has 1 amide bonds. The van der Waals surface area contributed by atoms with Gasteiger partial charge in [0.15, 0.2) is 17.7 Å². The minimum absolute atomic E-state index is 0.0453. The second-order valence-electron chi connectivity index (χ2n) is 13.2. The Bertz CT molecular complexity index is 1630. The Morgan fingerprint density at radius 2 is 1.90 bits per heavy atom. The Hall–Kier alpha value is -3.35. The van der Waals surface area contributed by atoms with Crippen LogP contribution in [0.5, 0.6) is 11.6 Å². The number of aliphatic hydroxyl groups is 1. The van der Waals surface area contributed by atoms with E-state index in [-0.39, 0.29) is 53.0 Å². The summed E-state index contributed by atoms with van der Waals surface area (Å²) in [7, 11) is 0. The van der Waals surface area contributed by atoms with Gasteiger partial charge in [-0.25, -0.2) is 13.8 Å². The minimum Gasteiger partial charge on any atom is -0.480 e. The van der Waals surface area contributed by atoms with Crippen LogP contribution in [0.1, 0.15) is 86.2 Å². The van der Waals surface area contributed by atoms with Crippen molar-refractivity contribution in [2.75, 3.05) is 26.4 Å². The first-order valence-corrected chi connectivity index (χ1v) is 17.0. The number of primary amides is 1. The average Bonchev–Trinajstić information content (AvgIpc) is 3.36. The van der Waals surface area contributed by atoms with Gasteiger partial charge in [0, 0.05) is 54.1 Å². The Morgan fingerprint density at radius 3 is 2.58 bits per heavy atom. The summed E-state index contributed by atoms with van der Waals surface area (Å²) in [5.41, 5.74) is 4.58. The van der Waals surface area contributed by atoms with Gasteiger partial charge >= 0.3 is 0 Å². The topological polar surface area (TPSA) is 125 Å². The quantitative estimate of drug-likeness (QED) is 0.199. The number of halogens is 3. The first kappa shape index (κ1) is 34.5. The number of hydrogen-bond acceptors (Lipinski definition) is 8. The van der Waals surface area contributed by atoms with Gasteiger partial charge in [0.25, 0.3) is 11.8 Å². The van der Waals surface area contributed by atoms with Crippen LogP contribution in [0.25, 0.3) is 11.1 Å². The number of rotatable bonds is 11. The molecule has 1 aromatic heterocycles. The van der Waals surface area contributed by atoms with E-state index in [1.165, 1.54) is 6.07 Å². The van der Waals surface area contributed by atoms with Crippen LogP contribution in [-0.2, 0) is 15.1 Å². The molecule has 1 saturated heterocycles. The second-order valence-corrected chi connectivity index (χ2v) is 13.6. The highest BCUT2D eigenvalue weighted by molar-refractivity contribution is 6.34. The number of carbonyl (C=O) groups excluding carboxylic acids is 1. The summed E-state index contributed by atoms with van der Waals surface area (Å²) < 4.78 is 55.8. The number of nitrogens with zero attached hydrogens (tertiary/aromatic N) is 1. The molecule has 48 heavy (non-hydrogen) atoms. The maximum atomic E-state index is 16.5. The van der Waals surface area contributed by atoms with E-state index in [4.69, 9.17) is 36.3 Å². The Kier molecular flexibility index (Phi) is 10.2. The van der Waals surface area contributed by atoms with Gasteiger partial charge in [-0.15, -0.1) is 0 Å². The number of ether oxygens (including phenoxy) is 4. The SMILES string of the molecule is C[C@H]1c2c(cc(F)c(Cl)c2-c2c(C(N)=O)cnc(OCCOC3CCCCO3)c2F)O[C@]1(CNC1CCC(C)(O)CC1)c1ccccc1. The van der Waals surface area contributed by atoms with Crippen LogP contribution in [0.3, 0.4) is 0 Å². The van der Waals surface area contributed by atoms with Crippen molar-refractivity contribution in [1.29, 1.82) is 0 Å². The van der Waals surface area contributed by atoms with Crippen LogP contribution >= 0.6 is 11.6 Å². The maximum absolute atomic E-state index is 16.5. The maximum Gasteiger partial charge on any atom is 0.251 e. The third kappa shape index (κ3) is 6.89. The number of amides is 1. The molecule has 2 aliphatic heterocycles. The lowest BCUT2D eigenvalue weighted by Crippen LogP contribution is -2.49. The summed E-state index contributed by atoms with van der Waals surface area (Å²) in [5, 5.41) is 13.7. The van der Waals surface area contributed by atoms with E-state index in [1.54, 1.807) is 0 Å². The van der Waals surface area contributed by atoms with Gasteiger partial charge in [-0.2, -0.15) is 0 Å². The van der Waals surface area contributed by atoms with Crippen LogP contribution < -0.4 is 20.5 Å². The number of hydrogen-bond donors (Lipinski definition) is 3. The highest BCUT2D eigenvalue weighted by atomic mass is 35.5. The predicted molar refractivity (Wildman–Crippen MR) is 176 cm³/mol. The summed E-state index contributed by atoms with van der Waals surface area (Å²) in [4.78, 5) is 16.7. The van der Waals surface area contributed by atoms with Gasteiger partial charge < -0.3 is 35.1 Å². The van der Waals surface area contributed by atoms with Crippen molar-refractivity contribution in [2.24, 2.45) is 5.73 Å². The zero-order valence-corrected chi connectivity index (χ0v) is 28.0. The molecule has 9 nitrogen and oxygen atoms in total. The molecule has 258 valence electrons. The Balaban J connectivity index is 1.36. The van der Waals surface area contributed by atoms with Gasteiger partial charge in [0.1, 0.15) is 18.2 Å². The molecule has 1 aliphatic carbocycles. The summed E-state index contributed by atoms with van der Waals surface area (Å²) in [6.07, 6.45) is 6.36. The lowest BCUT2D eigenvalue weighted by molar-refractivity contribution is -0.165. The highest BCUT2D eigenvalue weighted by Crippen LogP contribution is 2.56. The predicted octanol–water partition coefficient (Wildman–Crippen LogP) is 6.38. The average molecular weight is 686 g/mol. The monoisotopic (exact) mass is 685 g/mol. The normalized spacial score (nSPS) is 26.9. The minimum atomic E-state index is -1.05. The standard InChI is InChI=1S/C36H42ClF2N3O6/c1-21-28-26(48-36(21,22-8-4-3-5-9-22)20-42-23-11-13-35(2,44)14-12-23)18-25(38)31(37)30(28)29-24(33(40)43)19-41-34(32(29)39)47-17-16-46-27-10-6-7-15-45-27/h3-5,8-9,18-19,21,23,27,42,44H,6-7,10-17,20H2,1-2H3,(H2,40,43)/t21-,23?,27?,35?,36-/m0/s1. The Labute approximate surface area is 284 Å². The summed E-state index contributed by atoms with van der Waals surface area (Å²) in [5.74, 6) is -3.57. The lowest BCUT2D eigenvalue weighted by atomic mass is 9.77. The van der Waals surface area contributed by atoms with Gasteiger partial charge in [0.05, 0.1) is 22.8 Å². The van der Waals surface area contributed by atoms with Crippen molar-refractivity contribution in [2.45, 2.75) is 88.2 Å². The lowest BCUT2D eigenvalue weighted by Gasteiger charge is -2.38. The van der Waals surface area contributed by atoms with E-state index >= 15 is 8.78 Å². The molecular weight excluding hydrogens is 644 g/mol. The molecule has 4 N–H and O–H groups in total. The fraction of sp³-hybridized carbons (Fsp3) is 0.500. The third-order valence-electron chi connectivity index (χ3n) is 9.89. The molecule has 0 spiro atoms. The number of nitrogens with one attached hydrogen (secondary N) is 1. The van der Waals surface area contributed by atoms with E-state index < -0.39 is 40.5 Å². The number of carbonyl (C=O) groups is 1. The molecule has 1 saturated carbocycles. The van der Waals surface area contributed by atoms with Crippen molar-refractivity contribution < 1.29 is 37.6 Å². The van der Waals surface area contributed by atoms with Crippen molar-refractivity contribution >= 4 is 17.5 Å². The van der Waals surface area contributed by atoms with E-state index in [0.29, 0.717) is 31.6 Å². The molecule has 3 aromatic rings. The third-order valence-corrected chi connectivity index (χ3v) is 10.3. The molecule has 3 atom stereocenters. The molecule has 6 rings (SSSR count). The highest BCUT2D eigenvalue weighted by Gasteiger charge is 2.50. The number of fused-ring (bicyclic) bond motifs is 1. The molecule has 3 aliphatic rings. The van der Waals surface area contributed by atoms with E-state index in [1.807, 2.05) is 44.2 Å². The number of benzene rings is 2. The molecule has 1 unspecified atom stereocenters. The largest absolute Gasteiger partial charge is 0.480 e. The van der Waals surface area contributed by atoms with E-state index in [0.717, 1.165) is 43.9 Å². The smallest absolute Gasteiger partial charge is 0.251 e. The fourth-order valence-corrected chi connectivity index (χ4v) is 7.37. The van der Waals surface area contributed by atoms with Crippen molar-refractivity contribution in [3.05, 3.63) is 75.9 Å². The number of nitrogens with two attached hydrogens (primary N) is 1. The molecule has 0 bridgehead atoms. The van der Waals surface area contributed by atoms with Gasteiger partial charge in [-0.1, -0.05) is 48.9 Å². The molecule has 2 fully saturated rings.